The fraction of sp³-hybridized carbons (Fsp3) is 0.870. The van der Waals surface area contributed by atoms with Crippen molar-refractivity contribution in [2.24, 2.45) is 11.3 Å². The number of likely N-dealkylation sites (tertiary alicyclic amines) is 1. The van der Waals surface area contributed by atoms with Gasteiger partial charge in [-0.25, -0.2) is 4.79 Å². The van der Waals surface area contributed by atoms with Crippen LogP contribution in [-0.4, -0.2) is 49.8 Å². The van der Waals surface area contributed by atoms with Crippen LogP contribution in [0.2, 0.25) is 0 Å². The van der Waals surface area contributed by atoms with Gasteiger partial charge in [0.25, 0.3) is 0 Å². The van der Waals surface area contributed by atoms with Gasteiger partial charge in [-0.05, 0) is 107 Å². The third-order valence-electron chi connectivity index (χ3n) is 7.71. The molecule has 0 aromatic heterocycles. The third kappa shape index (κ3) is 5.35. The first-order valence-corrected chi connectivity index (χ1v) is 11.4. The highest BCUT2D eigenvalue weighted by Crippen LogP contribution is 2.50. The summed E-state index contributed by atoms with van der Waals surface area (Å²) in [6.07, 6.45) is 18.1. The molecule has 4 nitrogen and oxygen atoms in total. The Bertz CT molecular complexity index is 520. The maximum atomic E-state index is 11.2. The molecule has 4 heteroatoms. The van der Waals surface area contributed by atoms with Crippen LogP contribution in [0.1, 0.15) is 77.0 Å². The molecular formula is C23H37NO3. The number of carbonyl (C=O) groups excluding carboxylic acids is 1. The number of nitrogens with zero attached hydrogens (tertiary/aromatic N) is 1. The van der Waals surface area contributed by atoms with Gasteiger partial charge in [-0.15, -0.1) is 0 Å². The first kappa shape index (κ1) is 19.4. The van der Waals surface area contributed by atoms with E-state index in [1.165, 1.54) is 89.3 Å². The van der Waals surface area contributed by atoms with Gasteiger partial charge in [0.05, 0.1) is 12.7 Å². The van der Waals surface area contributed by atoms with E-state index in [1.807, 2.05) is 0 Å². The first-order valence-electron chi connectivity index (χ1n) is 11.4. The predicted octanol–water partition coefficient (Wildman–Crippen LogP) is 4.48. The van der Waals surface area contributed by atoms with Crippen LogP contribution in [0.15, 0.2) is 11.6 Å². The largest absolute Gasteiger partial charge is 0.458 e. The monoisotopic (exact) mass is 375 g/mol. The van der Waals surface area contributed by atoms with Crippen LogP contribution in [-0.2, 0) is 14.3 Å². The van der Waals surface area contributed by atoms with Crippen LogP contribution in [0.4, 0.5) is 0 Å². The van der Waals surface area contributed by atoms with Gasteiger partial charge >= 0.3 is 5.97 Å². The van der Waals surface area contributed by atoms with E-state index >= 15 is 0 Å². The van der Waals surface area contributed by atoms with E-state index in [9.17, 15) is 4.79 Å². The summed E-state index contributed by atoms with van der Waals surface area (Å²) in [5.41, 5.74) is 1.82. The van der Waals surface area contributed by atoms with Crippen molar-refractivity contribution in [2.45, 2.75) is 83.2 Å². The minimum absolute atomic E-state index is 0.146. The Morgan fingerprint density at radius 1 is 1.07 bits per heavy atom. The summed E-state index contributed by atoms with van der Waals surface area (Å²) < 4.78 is 11.2. The highest BCUT2D eigenvalue weighted by atomic mass is 16.5. The lowest BCUT2D eigenvalue weighted by Gasteiger charge is -2.45. The summed E-state index contributed by atoms with van der Waals surface area (Å²) in [6.45, 7) is 5.16. The molecule has 0 unspecified atom stereocenters. The van der Waals surface area contributed by atoms with Crippen molar-refractivity contribution in [3.63, 3.8) is 0 Å². The maximum Gasteiger partial charge on any atom is 0.331 e. The zero-order valence-corrected chi connectivity index (χ0v) is 16.9. The number of ether oxygens (including phenoxy) is 2. The highest BCUT2D eigenvalue weighted by molar-refractivity contribution is 5.85. The van der Waals surface area contributed by atoms with E-state index in [2.05, 4.69) is 4.90 Å². The van der Waals surface area contributed by atoms with E-state index in [0.717, 1.165) is 25.5 Å². The number of esters is 1. The van der Waals surface area contributed by atoms with Gasteiger partial charge in [0, 0.05) is 12.6 Å². The van der Waals surface area contributed by atoms with Crippen molar-refractivity contribution in [2.75, 3.05) is 32.8 Å². The molecule has 27 heavy (non-hydrogen) atoms. The Balaban J connectivity index is 1.11. The van der Waals surface area contributed by atoms with Gasteiger partial charge in [0.15, 0.2) is 0 Å². The number of rotatable bonds is 7. The molecule has 4 aliphatic rings. The molecule has 0 atom stereocenters. The van der Waals surface area contributed by atoms with E-state index in [4.69, 9.17) is 9.47 Å². The maximum absolute atomic E-state index is 11.2. The molecule has 2 heterocycles. The average Bonchev–Trinajstić information content (AvgIpc) is 3.35. The summed E-state index contributed by atoms with van der Waals surface area (Å²) in [7, 11) is 0. The van der Waals surface area contributed by atoms with Gasteiger partial charge in [-0.3, -0.25) is 0 Å². The summed E-state index contributed by atoms with van der Waals surface area (Å²) in [5.74, 6) is 0.702. The molecular weight excluding hydrogens is 338 g/mol. The van der Waals surface area contributed by atoms with Gasteiger partial charge in [0.2, 0.25) is 0 Å². The van der Waals surface area contributed by atoms with Crippen molar-refractivity contribution in [3.8, 4) is 0 Å². The quantitative estimate of drug-likeness (QED) is 0.615. The lowest BCUT2D eigenvalue weighted by Crippen LogP contribution is -2.35. The number of carbonyl (C=O) groups is 1. The SMILES string of the molecule is O=C1C=C(CCC2CCC3(CC2)CCC(OCCN2CCCC2)CC3)CO1. The van der Waals surface area contributed by atoms with E-state index < -0.39 is 0 Å². The molecule has 4 rings (SSSR count). The van der Waals surface area contributed by atoms with Crippen molar-refractivity contribution >= 4 is 5.97 Å². The topological polar surface area (TPSA) is 38.8 Å². The normalized spacial score (nSPS) is 34.8. The second-order valence-electron chi connectivity index (χ2n) is 9.51. The molecule has 1 saturated heterocycles. The number of cyclic esters (lactones) is 1. The molecule has 0 aromatic rings. The lowest BCUT2D eigenvalue weighted by molar-refractivity contribution is -0.134. The van der Waals surface area contributed by atoms with Gasteiger partial charge in [-0.2, -0.15) is 0 Å². The average molecular weight is 376 g/mol. The Morgan fingerprint density at radius 3 is 2.44 bits per heavy atom. The zero-order valence-electron chi connectivity index (χ0n) is 16.9. The van der Waals surface area contributed by atoms with Crippen molar-refractivity contribution < 1.29 is 14.3 Å². The van der Waals surface area contributed by atoms with Gasteiger partial charge in [-0.1, -0.05) is 0 Å². The summed E-state index contributed by atoms with van der Waals surface area (Å²) in [5, 5.41) is 0. The van der Waals surface area contributed by atoms with E-state index in [0.29, 0.717) is 18.1 Å². The fourth-order valence-corrected chi connectivity index (χ4v) is 5.75. The van der Waals surface area contributed by atoms with Crippen LogP contribution < -0.4 is 0 Å². The molecule has 2 aliphatic carbocycles. The van der Waals surface area contributed by atoms with Crippen molar-refractivity contribution in [1.29, 1.82) is 0 Å². The van der Waals surface area contributed by atoms with Crippen LogP contribution in [0, 0.1) is 11.3 Å². The minimum atomic E-state index is -0.146. The molecule has 0 amide bonds. The Morgan fingerprint density at radius 2 is 1.78 bits per heavy atom. The Kier molecular flexibility index (Phi) is 6.54. The molecule has 0 aromatic carbocycles. The van der Waals surface area contributed by atoms with E-state index in [-0.39, 0.29) is 5.97 Å². The molecule has 0 N–H and O–H groups in total. The van der Waals surface area contributed by atoms with Gasteiger partial charge < -0.3 is 14.4 Å². The van der Waals surface area contributed by atoms with Crippen LogP contribution >= 0.6 is 0 Å². The van der Waals surface area contributed by atoms with Gasteiger partial charge in [0.1, 0.15) is 6.61 Å². The first-order chi connectivity index (χ1) is 13.2. The summed E-state index contributed by atoms with van der Waals surface area (Å²) in [4.78, 5) is 13.7. The molecule has 2 saturated carbocycles. The second kappa shape index (κ2) is 9.09. The van der Waals surface area contributed by atoms with E-state index in [1.54, 1.807) is 6.08 Å². The Hall–Kier alpha value is -0.870. The highest BCUT2D eigenvalue weighted by Gasteiger charge is 2.38. The molecule has 3 fully saturated rings. The van der Waals surface area contributed by atoms with Crippen molar-refractivity contribution in [3.05, 3.63) is 11.6 Å². The fourth-order valence-electron chi connectivity index (χ4n) is 5.75. The molecule has 152 valence electrons. The summed E-state index contributed by atoms with van der Waals surface area (Å²) in [6, 6.07) is 0. The second-order valence-corrected chi connectivity index (χ2v) is 9.51. The summed E-state index contributed by atoms with van der Waals surface area (Å²) >= 11 is 0. The third-order valence-corrected chi connectivity index (χ3v) is 7.71. The number of hydrogen-bond donors (Lipinski definition) is 0. The number of hydrogen-bond acceptors (Lipinski definition) is 4. The van der Waals surface area contributed by atoms with Crippen LogP contribution in [0.3, 0.4) is 0 Å². The lowest BCUT2D eigenvalue weighted by atomic mass is 9.62. The molecule has 0 bridgehead atoms. The predicted molar refractivity (Wildman–Crippen MR) is 107 cm³/mol. The molecule has 2 aliphatic heterocycles. The van der Waals surface area contributed by atoms with Crippen LogP contribution in [0.5, 0.6) is 0 Å². The minimum Gasteiger partial charge on any atom is -0.458 e. The standard InChI is InChI=1S/C23H37NO3/c25-22-17-20(18-27-22)4-3-19-5-9-23(10-6-19)11-7-21(8-12-23)26-16-15-24-13-1-2-14-24/h17,19,21H,1-16,18H2. The zero-order chi connectivity index (χ0) is 18.5. The smallest absolute Gasteiger partial charge is 0.331 e. The van der Waals surface area contributed by atoms with Crippen LogP contribution in [0.25, 0.3) is 0 Å². The molecule has 0 radical (unpaired) electrons. The molecule has 1 spiro atoms. The Labute approximate surface area is 164 Å². The van der Waals surface area contributed by atoms with Crippen molar-refractivity contribution in [1.82, 2.24) is 4.90 Å².